The van der Waals surface area contributed by atoms with Gasteiger partial charge in [0.15, 0.2) is 0 Å². The van der Waals surface area contributed by atoms with Gasteiger partial charge < -0.3 is 10.6 Å². The zero-order valence-electron chi connectivity index (χ0n) is 7.03. The summed E-state index contributed by atoms with van der Waals surface area (Å²) in [5, 5.41) is 13.4. The second-order valence-electron chi connectivity index (χ2n) is 2.25. The molecule has 0 aromatic carbocycles. The zero-order chi connectivity index (χ0) is 9.68. The molecule has 0 fully saturated rings. The fourth-order valence-corrected chi connectivity index (χ4v) is 0.728. The summed E-state index contributed by atoms with van der Waals surface area (Å²) < 4.78 is 0. The third-order valence-electron chi connectivity index (χ3n) is 1.36. The van der Waals surface area contributed by atoms with E-state index in [0.29, 0.717) is 11.4 Å². The number of anilines is 1. The summed E-state index contributed by atoms with van der Waals surface area (Å²) in [4.78, 5) is 14.6. The fraction of sp³-hybridized carbons (Fsp3) is 0.125. The van der Waals surface area contributed by atoms with Gasteiger partial charge in [-0.25, -0.2) is 9.78 Å². The van der Waals surface area contributed by atoms with Crippen molar-refractivity contribution in [3.05, 3.63) is 24.0 Å². The van der Waals surface area contributed by atoms with Crippen molar-refractivity contribution >= 4 is 11.7 Å². The lowest BCUT2D eigenvalue weighted by Crippen LogP contribution is -2.24. The first-order valence-electron chi connectivity index (χ1n) is 3.61. The van der Waals surface area contributed by atoms with Crippen molar-refractivity contribution < 1.29 is 4.79 Å². The number of carbonyl (C=O) groups excluding carboxylic acids is 1. The number of hydrogen-bond acceptors (Lipinski definition) is 3. The van der Waals surface area contributed by atoms with Gasteiger partial charge in [0.05, 0.1) is 11.9 Å². The van der Waals surface area contributed by atoms with E-state index in [1.807, 2.05) is 6.07 Å². The molecule has 2 N–H and O–H groups in total. The van der Waals surface area contributed by atoms with E-state index in [1.165, 1.54) is 19.3 Å². The minimum atomic E-state index is -0.313. The Morgan fingerprint density at radius 3 is 2.85 bits per heavy atom. The Bertz CT molecular complexity index is 338. The summed E-state index contributed by atoms with van der Waals surface area (Å²) in [6.45, 7) is 0. The summed E-state index contributed by atoms with van der Waals surface area (Å²) in [6.07, 6.45) is 1.42. The standard InChI is InChI=1S/C8H8N4O/c1-10-8(13)12-7-3-2-6(4-9)11-5-7/h2-3,5H,1H3,(H2,10,12,13). The first-order valence-corrected chi connectivity index (χ1v) is 3.61. The van der Waals surface area contributed by atoms with Gasteiger partial charge in [-0.2, -0.15) is 5.26 Å². The molecule has 0 atom stereocenters. The van der Waals surface area contributed by atoms with Crippen LogP contribution in [-0.2, 0) is 0 Å². The molecule has 0 spiro atoms. The van der Waals surface area contributed by atoms with Crippen LogP contribution in [0.5, 0.6) is 0 Å². The Labute approximate surface area is 75.4 Å². The van der Waals surface area contributed by atoms with Gasteiger partial charge in [0.25, 0.3) is 0 Å². The fourth-order valence-electron chi connectivity index (χ4n) is 0.728. The van der Waals surface area contributed by atoms with Gasteiger partial charge in [0.1, 0.15) is 11.8 Å². The molecular weight excluding hydrogens is 168 g/mol. The topological polar surface area (TPSA) is 77.8 Å². The van der Waals surface area contributed by atoms with Crippen LogP contribution in [0.3, 0.4) is 0 Å². The molecule has 5 nitrogen and oxygen atoms in total. The van der Waals surface area contributed by atoms with Crippen molar-refractivity contribution in [1.82, 2.24) is 10.3 Å². The van der Waals surface area contributed by atoms with Crippen molar-refractivity contribution in [2.24, 2.45) is 0 Å². The lowest BCUT2D eigenvalue weighted by molar-refractivity contribution is 0.254. The Hall–Kier alpha value is -2.09. The highest BCUT2D eigenvalue weighted by molar-refractivity contribution is 5.88. The summed E-state index contributed by atoms with van der Waals surface area (Å²) in [5.74, 6) is 0. The highest BCUT2D eigenvalue weighted by Crippen LogP contribution is 2.04. The number of aromatic nitrogens is 1. The Morgan fingerprint density at radius 2 is 2.38 bits per heavy atom. The molecule has 0 bridgehead atoms. The van der Waals surface area contributed by atoms with Gasteiger partial charge in [-0.1, -0.05) is 0 Å². The molecule has 0 aliphatic carbocycles. The number of carbonyl (C=O) groups is 1. The zero-order valence-corrected chi connectivity index (χ0v) is 7.03. The average molecular weight is 176 g/mol. The van der Waals surface area contributed by atoms with Gasteiger partial charge in [0.2, 0.25) is 0 Å². The number of amides is 2. The third-order valence-corrected chi connectivity index (χ3v) is 1.36. The quantitative estimate of drug-likeness (QED) is 0.661. The van der Waals surface area contributed by atoms with E-state index in [2.05, 4.69) is 15.6 Å². The van der Waals surface area contributed by atoms with Crippen molar-refractivity contribution in [3.63, 3.8) is 0 Å². The molecule has 0 aliphatic rings. The summed E-state index contributed by atoms with van der Waals surface area (Å²) >= 11 is 0. The SMILES string of the molecule is CNC(=O)Nc1ccc(C#N)nc1. The van der Waals surface area contributed by atoms with E-state index in [-0.39, 0.29) is 6.03 Å². The first-order chi connectivity index (χ1) is 6.26. The smallest absolute Gasteiger partial charge is 0.319 e. The third kappa shape index (κ3) is 2.45. The minimum Gasteiger partial charge on any atom is -0.341 e. The van der Waals surface area contributed by atoms with E-state index < -0.39 is 0 Å². The van der Waals surface area contributed by atoms with Crippen molar-refractivity contribution in [2.45, 2.75) is 0 Å². The predicted octanol–water partition coefficient (Wildman–Crippen LogP) is 0.705. The highest BCUT2D eigenvalue weighted by atomic mass is 16.2. The molecule has 13 heavy (non-hydrogen) atoms. The van der Waals surface area contributed by atoms with Crippen LogP contribution < -0.4 is 10.6 Å². The maximum atomic E-state index is 10.8. The monoisotopic (exact) mass is 176 g/mol. The van der Waals surface area contributed by atoms with Crippen LogP contribution >= 0.6 is 0 Å². The number of urea groups is 1. The average Bonchev–Trinajstić information content (AvgIpc) is 2.19. The van der Waals surface area contributed by atoms with Gasteiger partial charge in [0, 0.05) is 7.05 Å². The second-order valence-corrected chi connectivity index (χ2v) is 2.25. The molecule has 0 unspecified atom stereocenters. The number of pyridine rings is 1. The summed E-state index contributed by atoms with van der Waals surface area (Å²) in [6, 6.07) is 4.71. The van der Waals surface area contributed by atoms with Crippen LogP contribution in [0, 0.1) is 11.3 Å². The van der Waals surface area contributed by atoms with Gasteiger partial charge in [-0.05, 0) is 12.1 Å². The Morgan fingerprint density at radius 1 is 1.62 bits per heavy atom. The van der Waals surface area contributed by atoms with Crippen molar-refractivity contribution in [2.75, 3.05) is 12.4 Å². The molecule has 1 rings (SSSR count). The molecule has 1 aromatic rings. The molecule has 1 aromatic heterocycles. The van der Waals surface area contributed by atoms with E-state index in [0.717, 1.165) is 0 Å². The van der Waals surface area contributed by atoms with E-state index in [9.17, 15) is 4.79 Å². The van der Waals surface area contributed by atoms with Gasteiger partial charge in [-0.3, -0.25) is 0 Å². The van der Waals surface area contributed by atoms with E-state index in [1.54, 1.807) is 6.07 Å². The molecule has 1 heterocycles. The van der Waals surface area contributed by atoms with Crippen LogP contribution in [0.15, 0.2) is 18.3 Å². The van der Waals surface area contributed by atoms with Gasteiger partial charge >= 0.3 is 6.03 Å². The Kier molecular flexibility index (Phi) is 2.82. The number of hydrogen-bond donors (Lipinski definition) is 2. The predicted molar refractivity (Wildman–Crippen MR) is 47.0 cm³/mol. The van der Waals surface area contributed by atoms with Gasteiger partial charge in [-0.15, -0.1) is 0 Å². The molecular formula is C8H8N4O. The van der Waals surface area contributed by atoms with Crippen LogP contribution in [0.2, 0.25) is 0 Å². The molecule has 0 radical (unpaired) electrons. The van der Waals surface area contributed by atoms with Crippen LogP contribution in [0.1, 0.15) is 5.69 Å². The number of nitriles is 1. The van der Waals surface area contributed by atoms with E-state index >= 15 is 0 Å². The summed E-state index contributed by atoms with van der Waals surface area (Å²) in [5.41, 5.74) is 0.876. The maximum absolute atomic E-state index is 10.8. The maximum Gasteiger partial charge on any atom is 0.319 e. The van der Waals surface area contributed by atoms with Crippen molar-refractivity contribution in [3.8, 4) is 6.07 Å². The largest absolute Gasteiger partial charge is 0.341 e. The minimum absolute atomic E-state index is 0.313. The lowest BCUT2D eigenvalue weighted by Gasteiger charge is -2.02. The van der Waals surface area contributed by atoms with Crippen LogP contribution in [0.25, 0.3) is 0 Å². The number of rotatable bonds is 1. The first kappa shape index (κ1) is 9.00. The molecule has 5 heteroatoms. The second kappa shape index (κ2) is 4.07. The Balaban J connectivity index is 2.71. The molecule has 0 saturated heterocycles. The molecule has 2 amide bonds. The summed E-state index contributed by atoms with van der Waals surface area (Å²) in [7, 11) is 1.52. The molecule has 0 saturated carbocycles. The molecule has 66 valence electrons. The molecule has 0 aliphatic heterocycles. The lowest BCUT2D eigenvalue weighted by atomic mass is 10.3. The number of nitrogens with zero attached hydrogens (tertiary/aromatic N) is 2. The van der Waals surface area contributed by atoms with Crippen LogP contribution in [0.4, 0.5) is 10.5 Å². The van der Waals surface area contributed by atoms with Crippen LogP contribution in [-0.4, -0.2) is 18.1 Å². The van der Waals surface area contributed by atoms with Crippen molar-refractivity contribution in [1.29, 1.82) is 5.26 Å². The normalized spacial score (nSPS) is 8.62. The highest BCUT2D eigenvalue weighted by Gasteiger charge is 1.98. The number of nitrogens with one attached hydrogen (secondary N) is 2. The van der Waals surface area contributed by atoms with E-state index in [4.69, 9.17) is 5.26 Å².